The van der Waals surface area contributed by atoms with Gasteiger partial charge in [-0.05, 0) is 24.3 Å². The molecule has 18 heavy (non-hydrogen) atoms. The molecule has 0 aliphatic heterocycles. The molecule has 1 heterocycles. The van der Waals surface area contributed by atoms with E-state index in [0.29, 0.717) is 22.9 Å². The van der Waals surface area contributed by atoms with Gasteiger partial charge in [0.25, 0.3) is 0 Å². The lowest BCUT2D eigenvalue weighted by Gasteiger charge is -2.25. The van der Waals surface area contributed by atoms with Crippen molar-refractivity contribution in [3.8, 4) is 6.07 Å². The van der Waals surface area contributed by atoms with Gasteiger partial charge in [0.1, 0.15) is 16.9 Å². The van der Waals surface area contributed by atoms with Crippen molar-refractivity contribution < 1.29 is 5.11 Å². The lowest BCUT2D eigenvalue weighted by molar-refractivity contribution is 0.248. The van der Waals surface area contributed by atoms with Crippen LogP contribution in [0.25, 0.3) is 0 Å². The second-order valence-corrected chi connectivity index (χ2v) is 5.36. The van der Waals surface area contributed by atoms with Crippen LogP contribution in [0.15, 0.2) is 12.3 Å². The van der Waals surface area contributed by atoms with E-state index in [1.165, 1.54) is 0 Å². The topological polar surface area (TPSA) is 68.9 Å². The van der Waals surface area contributed by atoms with E-state index in [0.717, 1.165) is 12.8 Å². The third-order valence-electron chi connectivity index (χ3n) is 2.76. The minimum atomic E-state index is 0.0381. The number of nitrogens with one attached hydrogen (secondary N) is 1. The predicted molar refractivity (Wildman–Crippen MR) is 72.6 cm³/mol. The summed E-state index contributed by atoms with van der Waals surface area (Å²) < 4.78 is 0. The molecule has 0 radical (unpaired) electrons. The maximum atomic E-state index is 8.87. The monoisotopic (exact) mass is 267 g/mol. The van der Waals surface area contributed by atoms with Crippen LogP contribution in [-0.4, -0.2) is 23.2 Å². The zero-order valence-corrected chi connectivity index (χ0v) is 11.5. The van der Waals surface area contributed by atoms with Crippen LogP contribution in [0, 0.1) is 16.7 Å². The van der Waals surface area contributed by atoms with Crippen molar-refractivity contribution in [3.05, 3.63) is 22.8 Å². The highest BCUT2D eigenvalue weighted by Gasteiger charge is 2.18. The number of hydrogen-bond acceptors (Lipinski definition) is 4. The van der Waals surface area contributed by atoms with Crippen LogP contribution >= 0.6 is 11.6 Å². The second-order valence-electron chi connectivity index (χ2n) is 4.98. The molecule has 2 N–H and O–H groups in total. The number of nitrogens with zero attached hydrogens (tertiary/aromatic N) is 2. The van der Waals surface area contributed by atoms with Gasteiger partial charge in [-0.2, -0.15) is 5.26 Å². The molecule has 1 aromatic rings. The predicted octanol–water partition coefficient (Wildman–Crippen LogP) is 2.82. The van der Waals surface area contributed by atoms with Crippen molar-refractivity contribution >= 4 is 17.4 Å². The lowest BCUT2D eigenvalue weighted by atomic mass is 9.88. The molecular formula is C13H18ClN3O. The van der Waals surface area contributed by atoms with Gasteiger partial charge in [-0.15, -0.1) is 0 Å². The highest BCUT2D eigenvalue weighted by molar-refractivity contribution is 6.34. The molecule has 4 nitrogen and oxygen atoms in total. The molecule has 0 saturated heterocycles. The first-order chi connectivity index (χ1) is 8.50. The Bertz CT molecular complexity index is 440. The van der Waals surface area contributed by atoms with Crippen LogP contribution in [0.2, 0.25) is 5.02 Å². The highest BCUT2D eigenvalue weighted by Crippen LogP contribution is 2.26. The fourth-order valence-electron chi connectivity index (χ4n) is 1.62. The van der Waals surface area contributed by atoms with E-state index in [2.05, 4.69) is 24.1 Å². The van der Waals surface area contributed by atoms with Crippen molar-refractivity contribution in [1.82, 2.24) is 4.98 Å². The van der Waals surface area contributed by atoms with E-state index >= 15 is 0 Å². The van der Waals surface area contributed by atoms with E-state index in [-0.39, 0.29) is 12.0 Å². The number of anilines is 1. The van der Waals surface area contributed by atoms with Gasteiger partial charge >= 0.3 is 0 Å². The summed E-state index contributed by atoms with van der Waals surface area (Å²) in [5, 5.41) is 21.2. The molecule has 0 amide bonds. The minimum absolute atomic E-state index is 0.0381. The summed E-state index contributed by atoms with van der Waals surface area (Å²) in [5.41, 5.74) is 0.457. The summed E-state index contributed by atoms with van der Waals surface area (Å²) in [6, 6.07) is 3.61. The van der Waals surface area contributed by atoms with Crippen molar-refractivity contribution in [1.29, 1.82) is 5.26 Å². The van der Waals surface area contributed by atoms with E-state index in [1.54, 1.807) is 12.3 Å². The third-order valence-corrected chi connectivity index (χ3v) is 3.14. The van der Waals surface area contributed by atoms with Crippen LogP contribution in [0.1, 0.15) is 32.3 Å². The Morgan fingerprint density at radius 2 is 2.28 bits per heavy atom. The summed E-state index contributed by atoms with van der Waals surface area (Å²) in [4.78, 5) is 4.13. The highest BCUT2D eigenvalue weighted by atomic mass is 35.5. The minimum Gasteiger partial charge on any atom is -0.396 e. The van der Waals surface area contributed by atoms with Crippen LogP contribution in [0.3, 0.4) is 0 Å². The molecular weight excluding hydrogens is 250 g/mol. The first-order valence-electron chi connectivity index (χ1n) is 5.89. The van der Waals surface area contributed by atoms with Crippen LogP contribution < -0.4 is 5.32 Å². The van der Waals surface area contributed by atoms with Gasteiger partial charge in [0.2, 0.25) is 0 Å². The van der Waals surface area contributed by atoms with Gasteiger partial charge < -0.3 is 10.4 Å². The Morgan fingerprint density at radius 1 is 1.56 bits per heavy atom. The van der Waals surface area contributed by atoms with Gasteiger partial charge in [0.15, 0.2) is 0 Å². The smallest absolute Gasteiger partial charge is 0.146 e. The maximum absolute atomic E-state index is 8.87. The summed E-state index contributed by atoms with van der Waals surface area (Å²) >= 11 is 6.05. The first-order valence-corrected chi connectivity index (χ1v) is 6.27. The number of rotatable bonds is 6. The fraction of sp³-hybridized carbons (Fsp3) is 0.538. The number of aliphatic hydroxyl groups excluding tert-OH is 1. The number of pyridine rings is 1. The van der Waals surface area contributed by atoms with Crippen molar-refractivity contribution in [2.75, 3.05) is 18.5 Å². The Hall–Kier alpha value is -1.31. The zero-order chi connectivity index (χ0) is 13.6. The molecule has 0 atom stereocenters. The van der Waals surface area contributed by atoms with Gasteiger partial charge in [-0.1, -0.05) is 25.4 Å². The van der Waals surface area contributed by atoms with Crippen LogP contribution in [0.4, 0.5) is 5.82 Å². The molecule has 0 aliphatic rings. The number of halogens is 1. The van der Waals surface area contributed by atoms with Gasteiger partial charge in [0.05, 0.1) is 5.56 Å². The average Bonchev–Trinajstić information content (AvgIpc) is 2.35. The molecule has 1 rings (SSSR count). The van der Waals surface area contributed by atoms with Crippen LogP contribution in [0.5, 0.6) is 0 Å². The van der Waals surface area contributed by atoms with E-state index in [1.807, 2.05) is 6.07 Å². The Kier molecular flexibility index (Phi) is 5.39. The summed E-state index contributed by atoms with van der Waals surface area (Å²) in [5.74, 6) is 0.535. The quantitative estimate of drug-likeness (QED) is 0.832. The molecule has 0 fully saturated rings. The zero-order valence-electron chi connectivity index (χ0n) is 10.7. The van der Waals surface area contributed by atoms with Crippen molar-refractivity contribution in [3.63, 3.8) is 0 Å². The maximum Gasteiger partial charge on any atom is 0.146 e. The van der Waals surface area contributed by atoms with Crippen molar-refractivity contribution in [2.24, 2.45) is 5.41 Å². The van der Waals surface area contributed by atoms with Gasteiger partial charge in [-0.3, -0.25) is 0 Å². The molecule has 0 spiro atoms. The van der Waals surface area contributed by atoms with E-state index < -0.39 is 0 Å². The van der Waals surface area contributed by atoms with Gasteiger partial charge in [-0.25, -0.2) is 4.98 Å². The fourth-order valence-corrected chi connectivity index (χ4v) is 1.84. The largest absolute Gasteiger partial charge is 0.396 e. The second kappa shape index (κ2) is 6.58. The van der Waals surface area contributed by atoms with E-state index in [4.69, 9.17) is 22.0 Å². The Balaban J connectivity index is 2.66. The SMILES string of the molecule is CC(C)(CCCO)CNc1nccc(C#N)c1Cl. The molecule has 0 bridgehead atoms. The number of aromatic nitrogens is 1. The van der Waals surface area contributed by atoms with Gasteiger partial charge in [0, 0.05) is 19.3 Å². The Morgan fingerprint density at radius 3 is 2.89 bits per heavy atom. The lowest BCUT2D eigenvalue weighted by Crippen LogP contribution is -2.24. The standard InChI is InChI=1S/C13H18ClN3O/c1-13(2,5-3-7-18)9-17-12-11(14)10(8-15)4-6-16-12/h4,6,18H,3,5,7,9H2,1-2H3,(H,16,17). The normalized spacial score (nSPS) is 11.1. The van der Waals surface area contributed by atoms with Crippen LogP contribution in [-0.2, 0) is 0 Å². The molecule has 0 saturated carbocycles. The first kappa shape index (κ1) is 14.7. The van der Waals surface area contributed by atoms with Crippen molar-refractivity contribution in [2.45, 2.75) is 26.7 Å². The van der Waals surface area contributed by atoms with E-state index in [9.17, 15) is 0 Å². The molecule has 0 aromatic carbocycles. The summed E-state index contributed by atoms with van der Waals surface area (Å²) in [6.45, 7) is 5.11. The molecule has 1 aromatic heterocycles. The molecule has 0 aliphatic carbocycles. The Labute approximate surface area is 113 Å². The average molecular weight is 268 g/mol. The summed E-state index contributed by atoms with van der Waals surface area (Å²) in [6.07, 6.45) is 3.24. The third kappa shape index (κ3) is 4.17. The molecule has 98 valence electrons. The number of nitriles is 1. The summed E-state index contributed by atoms with van der Waals surface area (Å²) in [7, 11) is 0. The number of aliphatic hydroxyl groups is 1. The molecule has 5 heteroatoms. The number of hydrogen-bond donors (Lipinski definition) is 2. The molecule has 0 unspecified atom stereocenters.